The van der Waals surface area contributed by atoms with Crippen LogP contribution >= 0.6 is 0 Å². The molecule has 1 amide bonds. The molecule has 0 aliphatic heterocycles. The van der Waals surface area contributed by atoms with Crippen LogP contribution in [0.25, 0.3) is 0 Å². The molecule has 0 aliphatic carbocycles. The van der Waals surface area contributed by atoms with Gasteiger partial charge < -0.3 is 24.8 Å². The van der Waals surface area contributed by atoms with Gasteiger partial charge in [0.15, 0.2) is 0 Å². The molecule has 2 N–H and O–H groups in total. The molecule has 0 heterocycles. The number of nitrogens with one attached hydrogen (secondary N) is 2. The molecule has 2 aromatic rings. The lowest BCUT2D eigenvalue weighted by molar-refractivity contribution is -0.112. The maximum atomic E-state index is 12.4. The lowest BCUT2D eigenvalue weighted by Crippen LogP contribution is -2.15. The molecule has 7 heteroatoms. The topological polar surface area (TPSA) is 92.6 Å². The molecule has 0 aromatic heterocycles. The van der Waals surface area contributed by atoms with E-state index in [2.05, 4.69) is 10.6 Å². The van der Waals surface area contributed by atoms with Crippen LogP contribution in [0.2, 0.25) is 0 Å². The van der Waals surface area contributed by atoms with Crippen LogP contribution in [0.15, 0.2) is 54.2 Å². The number of nitriles is 1. The maximum absolute atomic E-state index is 12.4. The number of ether oxygens (including phenoxy) is 3. The molecule has 0 atom stereocenters. The van der Waals surface area contributed by atoms with Crippen molar-refractivity contribution in [2.45, 2.75) is 0 Å². The second kappa shape index (κ2) is 8.99. The summed E-state index contributed by atoms with van der Waals surface area (Å²) in [6.45, 7) is 0. The van der Waals surface area contributed by atoms with Crippen LogP contribution in [0.4, 0.5) is 11.4 Å². The first-order chi connectivity index (χ1) is 12.6. The monoisotopic (exact) mass is 353 g/mol. The molecule has 0 spiro atoms. The summed E-state index contributed by atoms with van der Waals surface area (Å²) in [6.07, 6.45) is 1.33. The summed E-state index contributed by atoms with van der Waals surface area (Å²) in [6, 6.07) is 14.0. The van der Waals surface area contributed by atoms with Crippen LogP contribution in [-0.4, -0.2) is 27.2 Å². The first-order valence-corrected chi connectivity index (χ1v) is 7.65. The molecule has 7 nitrogen and oxygen atoms in total. The van der Waals surface area contributed by atoms with Crippen molar-refractivity contribution in [3.8, 4) is 23.3 Å². The van der Waals surface area contributed by atoms with Crippen molar-refractivity contribution < 1.29 is 19.0 Å². The van der Waals surface area contributed by atoms with Gasteiger partial charge in [0.05, 0.1) is 27.0 Å². The van der Waals surface area contributed by atoms with Gasteiger partial charge in [-0.05, 0) is 24.3 Å². The highest BCUT2D eigenvalue weighted by molar-refractivity contribution is 6.07. The number of amides is 1. The highest BCUT2D eigenvalue weighted by Crippen LogP contribution is 2.29. The van der Waals surface area contributed by atoms with Gasteiger partial charge in [0.25, 0.3) is 5.91 Å². The predicted molar refractivity (Wildman–Crippen MR) is 98.5 cm³/mol. The number of carbonyl (C=O) groups excluding carboxylic acids is 1. The zero-order valence-electron chi connectivity index (χ0n) is 14.7. The molecular weight excluding hydrogens is 334 g/mol. The summed E-state index contributed by atoms with van der Waals surface area (Å²) in [5, 5.41) is 14.8. The summed E-state index contributed by atoms with van der Waals surface area (Å²) >= 11 is 0. The smallest absolute Gasteiger partial charge is 0.267 e. The molecule has 26 heavy (non-hydrogen) atoms. The van der Waals surface area contributed by atoms with E-state index in [0.717, 1.165) is 0 Å². The van der Waals surface area contributed by atoms with Crippen LogP contribution < -0.4 is 24.8 Å². The number of rotatable bonds is 7. The summed E-state index contributed by atoms with van der Waals surface area (Å²) in [5.41, 5.74) is 0.987. The van der Waals surface area contributed by atoms with E-state index in [1.807, 2.05) is 6.07 Å². The summed E-state index contributed by atoms with van der Waals surface area (Å²) < 4.78 is 15.5. The van der Waals surface area contributed by atoms with Crippen molar-refractivity contribution >= 4 is 17.3 Å². The molecule has 0 aliphatic rings. The summed E-state index contributed by atoms with van der Waals surface area (Å²) in [7, 11) is 4.57. The first-order valence-electron chi connectivity index (χ1n) is 7.65. The normalized spacial score (nSPS) is 10.5. The first kappa shape index (κ1) is 18.7. The van der Waals surface area contributed by atoms with E-state index in [-0.39, 0.29) is 5.57 Å². The van der Waals surface area contributed by atoms with E-state index in [0.29, 0.717) is 28.6 Å². The quantitative estimate of drug-likeness (QED) is 0.587. The third-order valence-electron chi connectivity index (χ3n) is 3.47. The number of methoxy groups -OCH3 is 3. The van der Waals surface area contributed by atoms with Gasteiger partial charge in [0.2, 0.25) is 0 Å². The highest BCUT2D eigenvalue weighted by Gasteiger charge is 2.13. The van der Waals surface area contributed by atoms with Crippen LogP contribution in [0.5, 0.6) is 17.2 Å². The molecule has 0 saturated carbocycles. The Labute approximate surface area is 151 Å². The number of benzene rings is 2. The largest absolute Gasteiger partial charge is 0.497 e. The third kappa shape index (κ3) is 4.68. The molecule has 2 rings (SSSR count). The van der Waals surface area contributed by atoms with Crippen molar-refractivity contribution in [1.82, 2.24) is 0 Å². The minimum atomic E-state index is -0.575. The fourth-order valence-electron chi connectivity index (χ4n) is 2.12. The van der Waals surface area contributed by atoms with Gasteiger partial charge in [0.1, 0.15) is 28.9 Å². The summed E-state index contributed by atoms with van der Waals surface area (Å²) in [4.78, 5) is 12.4. The number of hydrogen-bond donors (Lipinski definition) is 2. The molecule has 0 radical (unpaired) electrons. The Bertz CT molecular complexity index is 856. The van der Waals surface area contributed by atoms with Gasteiger partial charge in [0, 0.05) is 24.0 Å². The van der Waals surface area contributed by atoms with Crippen LogP contribution in [0.3, 0.4) is 0 Å². The van der Waals surface area contributed by atoms with Gasteiger partial charge in [-0.15, -0.1) is 0 Å². The molecule has 0 fully saturated rings. The SMILES string of the molecule is COc1cccc(N/C=C(/C#N)C(=O)Nc2cc(OC)ccc2OC)c1. The summed E-state index contributed by atoms with van der Waals surface area (Å²) in [5.74, 6) is 1.09. The van der Waals surface area contributed by atoms with E-state index in [4.69, 9.17) is 14.2 Å². The Morgan fingerprint density at radius 1 is 1.04 bits per heavy atom. The standard InChI is InChI=1S/C19H19N3O4/c1-24-15-6-4-5-14(9-15)21-12-13(11-20)19(23)22-17-10-16(25-2)7-8-18(17)26-3/h4-10,12,21H,1-3H3,(H,22,23)/b13-12-. The fraction of sp³-hybridized carbons (Fsp3) is 0.158. The molecular formula is C19H19N3O4. The van der Waals surface area contributed by atoms with Crippen molar-refractivity contribution in [1.29, 1.82) is 5.26 Å². The van der Waals surface area contributed by atoms with Crippen molar-refractivity contribution in [2.75, 3.05) is 32.0 Å². The van der Waals surface area contributed by atoms with Gasteiger partial charge in [-0.3, -0.25) is 4.79 Å². The van der Waals surface area contributed by atoms with E-state index in [1.165, 1.54) is 20.4 Å². The fourth-order valence-corrected chi connectivity index (χ4v) is 2.12. The Kier molecular flexibility index (Phi) is 6.46. The average molecular weight is 353 g/mol. The minimum absolute atomic E-state index is 0.0994. The van der Waals surface area contributed by atoms with E-state index in [9.17, 15) is 10.1 Å². The lowest BCUT2D eigenvalue weighted by atomic mass is 10.2. The predicted octanol–water partition coefficient (Wildman–Crippen LogP) is 3.17. The minimum Gasteiger partial charge on any atom is -0.497 e. The zero-order chi connectivity index (χ0) is 18.9. The van der Waals surface area contributed by atoms with Gasteiger partial charge in [-0.1, -0.05) is 6.07 Å². The van der Waals surface area contributed by atoms with E-state index in [1.54, 1.807) is 49.6 Å². The highest BCUT2D eigenvalue weighted by atomic mass is 16.5. The third-order valence-corrected chi connectivity index (χ3v) is 3.47. The molecule has 0 bridgehead atoms. The van der Waals surface area contributed by atoms with Gasteiger partial charge in [-0.2, -0.15) is 5.26 Å². The average Bonchev–Trinajstić information content (AvgIpc) is 2.68. The van der Waals surface area contributed by atoms with Gasteiger partial charge in [-0.25, -0.2) is 0 Å². The van der Waals surface area contributed by atoms with Crippen molar-refractivity contribution in [2.24, 2.45) is 0 Å². The van der Waals surface area contributed by atoms with Crippen LogP contribution in [0.1, 0.15) is 0 Å². The van der Waals surface area contributed by atoms with Crippen molar-refractivity contribution in [3.05, 3.63) is 54.2 Å². The molecule has 2 aromatic carbocycles. The second-order valence-corrected chi connectivity index (χ2v) is 5.07. The number of anilines is 2. The maximum Gasteiger partial charge on any atom is 0.267 e. The Balaban J connectivity index is 2.17. The number of carbonyl (C=O) groups is 1. The van der Waals surface area contributed by atoms with Crippen LogP contribution in [0, 0.1) is 11.3 Å². The Morgan fingerprint density at radius 2 is 1.77 bits per heavy atom. The Hall–Kier alpha value is -3.66. The molecule has 0 unspecified atom stereocenters. The van der Waals surface area contributed by atoms with Crippen molar-refractivity contribution in [3.63, 3.8) is 0 Å². The van der Waals surface area contributed by atoms with Crippen LogP contribution in [-0.2, 0) is 4.79 Å². The Morgan fingerprint density at radius 3 is 2.42 bits per heavy atom. The zero-order valence-corrected chi connectivity index (χ0v) is 14.7. The van der Waals surface area contributed by atoms with E-state index < -0.39 is 5.91 Å². The van der Waals surface area contributed by atoms with E-state index >= 15 is 0 Å². The second-order valence-electron chi connectivity index (χ2n) is 5.07. The molecule has 0 saturated heterocycles. The lowest BCUT2D eigenvalue weighted by Gasteiger charge is -2.11. The number of hydrogen-bond acceptors (Lipinski definition) is 6. The number of nitrogens with zero attached hydrogens (tertiary/aromatic N) is 1. The molecule has 134 valence electrons. The van der Waals surface area contributed by atoms with Gasteiger partial charge >= 0.3 is 0 Å².